The molecule has 35 nitrogen and oxygen atoms in total. The van der Waals surface area contributed by atoms with Crippen molar-refractivity contribution in [2.75, 3.05) is 46.2 Å². The molecule has 9 rings (SSSR count). The Morgan fingerprint density at radius 2 is 0.825 bits per heavy atom. The first-order valence-electron chi connectivity index (χ1n) is 30.4. The van der Waals surface area contributed by atoms with Crippen LogP contribution in [0.3, 0.4) is 0 Å². The summed E-state index contributed by atoms with van der Waals surface area (Å²) in [6.45, 7) is -0.551. The van der Waals surface area contributed by atoms with Gasteiger partial charge in [-0.25, -0.2) is 32.6 Å². The standard InChI is InChI=1S/C58H75N7O28P4/c1-36-28-63(55(71)59-52(36)68)49-25-43(46(88-49)33-85-94(74,75)83-24-16-5-4-15-23-82-62-58(39-17-9-6-10-18-39,40-19-11-7-12-20-40)41-21-13-8-14-22-41)92-96(78,79)87-35-48-45(27-51(90-48)65-30-38(3)54(70)61-57(65)73)93-97(80,81)86-34-47-44(91-95(76,77)84-32-42(67)31-66)26-50(89-47)64-29-37(2)53(69)60-56(64)72/h6-14,17-22,28-30,42-51,62,66-67H,4-5,15-16,23-27,31-35H2,1-3H3,(H,74,75)(H,76,77)(H,78,79)(H,80,81)(H,59,68,71)(H,60,69,72)(H,61,70,73)/t42?,43-,44-,45-,46+,47+,48+,49+,50+,51+/m0/s1. The summed E-state index contributed by atoms with van der Waals surface area (Å²) in [5.41, 5.74) is 0.245. The highest BCUT2D eigenvalue weighted by molar-refractivity contribution is 7.48. The summed E-state index contributed by atoms with van der Waals surface area (Å²) >= 11 is 0. The molecule has 3 fully saturated rings. The topological polar surface area (TPSA) is 477 Å². The number of hydroxylamine groups is 1. The SMILES string of the molecule is Cc1cn([C@H]2C[C@H](OP(=O)(O)OC[C@H]3O[C@@H](n4cc(C)c(=O)[nH]c4=O)C[C@@H]3OP(=O)(O)OC[C@H]3O[C@@H](n4cc(C)c(=O)[nH]c4=O)C[C@@H]3OP(=O)(O)OCC(O)CO)[C@@H](COP(=O)(O)OCCCCCCONC(c3ccccc3)(c3ccccc3)c3ccccc3)O2)c(=O)[nH]c1=O. The number of phosphoric ester groups is 4. The highest BCUT2D eigenvalue weighted by Crippen LogP contribution is 2.54. The minimum Gasteiger partial charge on any atom is -0.394 e. The lowest BCUT2D eigenvalue weighted by atomic mass is 9.78. The molecule has 0 radical (unpaired) electrons. The quantitative estimate of drug-likeness (QED) is 0.0118. The summed E-state index contributed by atoms with van der Waals surface area (Å²) < 4.78 is 117. The van der Waals surface area contributed by atoms with Gasteiger partial charge in [-0.15, -0.1) is 0 Å². The molecule has 14 atom stereocenters. The van der Waals surface area contributed by atoms with Crippen molar-refractivity contribution >= 4 is 31.3 Å². The second kappa shape index (κ2) is 32.9. The number of benzene rings is 3. The van der Waals surface area contributed by atoms with Crippen LogP contribution in [0, 0.1) is 20.8 Å². The fraction of sp³-hybridized carbons (Fsp3) is 0.483. The van der Waals surface area contributed by atoms with Crippen molar-refractivity contribution in [2.24, 2.45) is 0 Å². The van der Waals surface area contributed by atoms with Gasteiger partial charge in [-0.1, -0.05) is 104 Å². The zero-order valence-electron chi connectivity index (χ0n) is 52.4. The first kappa shape index (κ1) is 75.1. The van der Waals surface area contributed by atoms with Gasteiger partial charge >= 0.3 is 48.4 Å². The summed E-state index contributed by atoms with van der Waals surface area (Å²) in [6, 6.07) is 29.6. The zero-order valence-corrected chi connectivity index (χ0v) is 55.9. The van der Waals surface area contributed by atoms with Crippen molar-refractivity contribution in [3.63, 3.8) is 0 Å². The van der Waals surface area contributed by atoms with Gasteiger partial charge in [0.05, 0.1) is 46.2 Å². The van der Waals surface area contributed by atoms with E-state index in [4.69, 9.17) is 60.3 Å². The van der Waals surface area contributed by atoms with E-state index in [0.29, 0.717) is 32.3 Å². The molecule has 0 amide bonds. The molecule has 6 heterocycles. The van der Waals surface area contributed by atoms with E-state index in [1.807, 2.05) is 91.0 Å². The number of H-pyrrole nitrogens is 3. The third-order valence-corrected chi connectivity index (χ3v) is 19.8. The molecule has 0 spiro atoms. The van der Waals surface area contributed by atoms with Crippen molar-refractivity contribution < 1.29 is 103 Å². The van der Waals surface area contributed by atoms with Crippen LogP contribution in [-0.2, 0) is 79.0 Å². The molecule has 5 unspecified atom stereocenters. The fourth-order valence-electron chi connectivity index (χ4n) is 10.9. The van der Waals surface area contributed by atoms with Crippen LogP contribution in [0.15, 0.2) is 138 Å². The summed E-state index contributed by atoms with van der Waals surface area (Å²) in [6.07, 6.45) is -11.7. The normalized spacial score (nSPS) is 24.1. The van der Waals surface area contributed by atoms with Gasteiger partial charge in [0.15, 0.2) is 0 Å². The molecule has 97 heavy (non-hydrogen) atoms. The number of aromatic nitrogens is 6. The molecule has 39 heteroatoms. The summed E-state index contributed by atoms with van der Waals surface area (Å²) in [5, 5.41) is 18.9. The molecule has 0 aliphatic carbocycles. The molecule has 3 aliphatic heterocycles. The highest BCUT2D eigenvalue weighted by atomic mass is 31.2. The third kappa shape index (κ3) is 19.9. The lowest BCUT2D eigenvalue weighted by Crippen LogP contribution is -2.44. The van der Waals surface area contributed by atoms with Crippen LogP contribution >= 0.6 is 31.3 Å². The van der Waals surface area contributed by atoms with Crippen LogP contribution < -0.4 is 39.2 Å². The molecular weight excluding hydrogens is 1370 g/mol. The Hall–Kier alpha value is -6.14. The number of ether oxygens (including phenoxy) is 3. The van der Waals surface area contributed by atoms with Crippen LogP contribution in [0.25, 0.3) is 0 Å². The number of hydrogen-bond acceptors (Lipinski definition) is 25. The van der Waals surface area contributed by atoms with E-state index in [1.54, 1.807) is 0 Å². The van der Waals surface area contributed by atoms with Crippen LogP contribution in [0.2, 0.25) is 0 Å². The van der Waals surface area contributed by atoms with Crippen LogP contribution in [0.1, 0.15) is 97.0 Å². The number of aromatic amines is 3. The number of unbranched alkanes of at least 4 members (excludes halogenated alkanes) is 3. The van der Waals surface area contributed by atoms with E-state index in [1.165, 1.54) is 20.8 Å². The van der Waals surface area contributed by atoms with Gasteiger partial charge < -0.3 is 48.8 Å². The first-order chi connectivity index (χ1) is 46.0. The number of aryl methyl sites for hydroxylation is 3. The summed E-state index contributed by atoms with van der Waals surface area (Å²) in [4.78, 5) is 132. The maximum Gasteiger partial charge on any atom is 0.472 e. The van der Waals surface area contributed by atoms with Crippen molar-refractivity contribution in [1.82, 2.24) is 34.1 Å². The smallest absolute Gasteiger partial charge is 0.394 e. The highest BCUT2D eigenvalue weighted by Gasteiger charge is 2.49. The Bertz CT molecular complexity index is 4120. The minimum absolute atomic E-state index is 0.00800. The molecule has 3 aromatic heterocycles. The second-order valence-electron chi connectivity index (χ2n) is 22.9. The van der Waals surface area contributed by atoms with E-state index in [-0.39, 0.29) is 23.3 Å². The Morgan fingerprint density at radius 1 is 0.495 bits per heavy atom. The molecular formula is C58H75N7O28P4. The largest absolute Gasteiger partial charge is 0.472 e. The summed E-state index contributed by atoms with van der Waals surface area (Å²) in [7, 11) is -21.0. The maximum absolute atomic E-state index is 14.0. The predicted octanol–water partition coefficient (Wildman–Crippen LogP) is 3.49. The van der Waals surface area contributed by atoms with Crippen molar-refractivity contribution in [2.45, 2.75) is 133 Å². The molecule has 3 saturated heterocycles. The van der Waals surface area contributed by atoms with Gasteiger partial charge in [0, 0.05) is 54.5 Å². The molecule has 3 aliphatic rings. The maximum atomic E-state index is 14.0. The number of rotatable bonds is 35. The number of aliphatic hydroxyl groups is 2. The van der Waals surface area contributed by atoms with Gasteiger partial charge in [-0.05, 0) is 50.3 Å². The van der Waals surface area contributed by atoms with Crippen molar-refractivity contribution in [3.05, 3.63) is 205 Å². The number of phosphoric acid groups is 4. The molecule has 10 N–H and O–H groups in total. The molecule has 0 bridgehead atoms. The van der Waals surface area contributed by atoms with Gasteiger partial charge in [0.25, 0.3) is 16.7 Å². The first-order valence-corrected chi connectivity index (χ1v) is 36.4. The third-order valence-electron chi connectivity index (χ3n) is 15.8. The van der Waals surface area contributed by atoms with Crippen molar-refractivity contribution in [1.29, 1.82) is 0 Å². The number of aliphatic hydroxyl groups excluding tert-OH is 2. The van der Waals surface area contributed by atoms with E-state index < -0.39 is 184 Å². The van der Waals surface area contributed by atoms with E-state index in [2.05, 4.69) is 20.4 Å². The molecule has 3 aromatic carbocycles. The Balaban J connectivity index is 0.830. The van der Waals surface area contributed by atoms with Crippen LogP contribution in [-0.4, -0.2) is 147 Å². The lowest BCUT2D eigenvalue weighted by Gasteiger charge is -2.36. The molecule has 0 saturated carbocycles. The number of nitrogens with one attached hydrogen (secondary N) is 4. The van der Waals surface area contributed by atoms with Gasteiger partial charge in [0.1, 0.15) is 67.0 Å². The Morgan fingerprint density at radius 3 is 1.18 bits per heavy atom. The van der Waals surface area contributed by atoms with Gasteiger partial charge in [-0.3, -0.25) is 79.2 Å². The van der Waals surface area contributed by atoms with E-state index in [0.717, 1.165) is 49.0 Å². The molecule has 6 aromatic rings. The van der Waals surface area contributed by atoms with E-state index in [9.17, 15) is 71.7 Å². The van der Waals surface area contributed by atoms with Gasteiger partial charge in [0.2, 0.25) is 0 Å². The zero-order chi connectivity index (χ0) is 69.9. The van der Waals surface area contributed by atoms with E-state index >= 15 is 0 Å². The minimum atomic E-state index is -5.47. The number of hydrogen-bond donors (Lipinski definition) is 10. The Labute approximate surface area is 551 Å². The van der Waals surface area contributed by atoms with Crippen LogP contribution in [0.4, 0.5) is 0 Å². The predicted molar refractivity (Wildman–Crippen MR) is 337 cm³/mol. The lowest BCUT2D eigenvalue weighted by molar-refractivity contribution is -0.0622. The molecule has 530 valence electrons. The average Bonchev–Trinajstić information content (AvgIpc) is 1.43. The monoisotopic (exact) mass is 1440 g/mol. The Kier molecular flexibility index (Phi) is 25.5. The van der Waals surface area contributed by atoms with Crippen molar-refractivity contribution in [3.8, 4) is 0 Å². The van der Waals surface area contributed by atoms with Gasteiger partial charge in [-0.2, -0.15) is 5.48 Å². The summed E-state index contributed by atoms with van der Waals surface area (Å²) in [5.74, 6) is 0. The van der Waals surface area contributed by atoms with Crippen LogP contribution in [0.5, 0.6) is 0 Å². The average molecular weight is 1440 g/mol. The second-order valence-corrected chi connectivity index (χ2v) is 28.6. The number of nitrogens with zero attached hydrogens (tertiary/aromatic N) is 3. The fourth-order valence-corrected chi connectivity index (χ4v) is 14.6.